The van der Waals surface area contributed by atoms with Gasteiger partial charge in [-0.05, 0) is 46.7 Å². The van der Waals surface area contributed by atoms with Crippen LogP contribution in [0.4, 0.5) is 0 Å². The summed E-state index contributed by atoms with van der Waals surface area (Å²) in [5.74, 6) is 1.03. The van der Waals surface area contributed by atoms with Crippen LogP contribution in [0.15, 0.2) is 42.5 Å². The summed E-state index contributed by atoms with van der Waals surface area (Å²) in [6.07, 6.45) is 13.3. The van der Waals surface area contributed by atoms with E-state index in [-0.39, 0.29) is 0 Å². The first-order chi connectivity index (χ1) is 13.9. The van der Waals surface area contributed by atoms with Gasteiger partial charge < -0.3 is 4.74 Å². The second kappa shape index (κ2) is 9.60. The van der Waals surface area contributed by atoms with Gasteiger partial charge in [0.2, 0.25) is 0 Å². The molecule has 1 aliphatic carbocycles. The highest BCUT2D eigenvalue weighted by atomic mass is 32.1. The molecule has 0 atom stereocenters. The van der Waals surface area contributed by atoms with Crippen molar-refractivity contribution >= 4 is 21.4 Å². The van der Waals surface area contributed by atoms with Crippen molar-refractivity contribution in [2.24, 2.45) is 0 Å². The van der Waals surface area contributed by atoms with Gasteiger partial charge in [0, 0.05) is 16.0 Å². The van der Waals surface area contributed by atoms with Crippen LogP contribution in [0.5, 0.6) is 5.75 Å². The molecule has 0 saturated carbocycles. The SMILES string of the molecule is CCCCCCCCCCCOc1ccc2c3c(sc2c1)-c1ccccc1C3. The van der Waals surface area contributed by atoms with Gasteiger partial charge in [0.1, 0.15) is 5.75 Å². The molecule has 1 nitrogen and oxygen atoms in total. The van der Waals surface area contributed by atoms with Crippen molar-refractivity contribution in [1.82, 2.24) is 0 Å². The number of rotatable bonds is 11. The lowest BCUT2D eigenvalue weighted by Crippen LogP contribution is -1.97. The summed E-state index contributed by atoms with van der Waals surface area (Å²) in [7, 11) is 0. The minimum absolute atomic E-state index is 0.843. The number of fused-ring (bicyclic) bond motifs is 5. The van der Waals surface area contributed by atoms with Crippen molar-refractivity contribution < 1.29 is 4.74 Å². The first-order valence-corrected chi connectivity index (χ1v) is 11.9. The predicted octanol–water partition coefficient (Wildman–Crippen LogP) is 8.38. The van der Waals surface area contributed by atoms with E-state index in [1.54, 1.807) is 0 Å². The van der Waals surface area contributed by atoms with E-state index in [0.717, 1.165) is 18.8 Å². The Labute approximate surface area is 173 Å². The van der Waals surface area contributed by atoms with Gasteiger partial charge in [-0.25, -0.2) is 0 Å². The number of benzene rings is 2. The van der Waals surface area contributed by atoms with Crippen molar-refractivity contribution in [3.05, 3.63) is 53.6 Å². The molecule has 0 saturated heterocycles. The van der Waals surface area contributed by atoms with E-state index in [1.807, 2.05) is 11.3 Å². The molecule has 0 N–H and O–H groups in total. The molecular weight excluding hydrogens is 360 g/mol. The zero-order valence-corrected chi connectivity index (χ0v) is 18.0. The Morgan fingerprint density at radius 1 is 0.857 bits per heavy atom. The van der Waals surface area contributed by atoms with Crippen LogP contribution in [-0.2, 0) is 6.42 Å². The molecule has 0 bridgehead atoms. The van der Waals surface area contributed by atoms with Crippen LogP contribution in [0.25, 0.3) is 20.5 Å². The third kappa shape index (κ3) is 4.43. The molecule has 1 aliphatic rings. The summed E-state index contributed by atoms with van der Waals surface area (Å²) in [5.41, 5.74) is 4.40. The highest BCUT2D eigenvalue weighted by Crippen LogP contribution is 2.46. The molecular formula is C26H32OS. The molecule has 2 aromatic carbocycles. The molecule has 0 radical (unpaired) electrons. The lowest BCUT2D eigenvalue weighted by Gasteiger charge is -2.07. The first kappa shape index (κ1) is 19.5. The minimum atomic E-state index is 0.843. The van der Waals surface area contributed by atoms with Crippen LogP contribution in [0, 0.1) is 0 Å². The van der Waals surface area contributed by atoms with Crippen LogP contribution in [0.1, 0.15) is 75.8 Å². The average molecular weight is 393 g/mol. The highest BCUT2D eigenvalue weighted by Gasteiger charge is 2.22. The molecule has 0 fully saturated rings. The fourth-order valence-electron chi connectivity index (χ4n) is 4.30. The summed E-state index contributed by atoms with van der Waals surface area (Å²) in [5, 5.41) is 1.41. The van der Waals surface area contributed by atoms with Gasteiger partial charge in [-0.1, -0.05) is 82.6 Å². The van der Waals surface area contributed by atoms with Gasteiger partial charge in [0.15, 0.2) is 0 Å². The molecule has 0 aliphatic heterocycles. The quantitative estimate of drug-likeness (QED) is 0.233. The summed E-state index contributed by atoms with van der Waals surface area (Å²) in [6.45, 7) is 3.12. The molecule has 0 spiro atoms. The lowest BCUT2D eigenvalue weighted by atomic mass is 10.1. The molecule has 4 rings (SSSR count). The molecule has 148 valence electrons. The number of hydrogen-bond donors (Lipinski definition) is 0. The smallest absolute Gasteiger partial charge is 0.120 e. The fourth-order valence-corrected chi connectivity index (χ4v) is 5.61. The zero-order chi connectivity index (χ0) is 19.2. The monoisotopic (exact) mass is 392 g/mol. The summed E-state index contributed by atoms with van der Waals surface area (Å²) >= 11 is 1.92. The van der Waals surface area contributed by atoms with E-state index < -0.39 is 0 Å². The van der Waals surface area contributed by atoms with E-state index >= 15 is 0 Å². The molecule has 0 unspecified atom stereocenters. The number of unbranched alkanes of at least 4 members (excludes halogenated alkanes) is 8. The van der Waals surface area contributed by atoms with Gasteiger partial charge in [0.25, 0.3) is 0 Å². The van der Waals surface area contributed by atoms with Gasteiger partial charge in [0.05, 0.1) is 6.61 Å². The molecule has 2 heteroatoms. The van der Waals surface area contributed by atoms with Crippen molar-refractivity contribution in [2.45, 2.75) is 71.1 Å². The Balaban J connectivity index is 1.24. The maximum absolute atomic E-state index is 6.05. The largest absolute Gasteiger partial charge is 0.494 e. The van der Waals surface area contributed by atoms with Crippen molar-refractivity contribution in [1.29, 1.82) is 0 Å². The first-order valence-electron chi connectivity index (χ1n) is 11.1. The summed E-state index contributed by atoms with van der Waals surface area (Å²) < 4.78 is 7.42. The van der Waals surface area contributed by atoms with Gasteiger partial charge in [-0.2, -0.15) is 0 Å². The third-order valence-electron chi connectivity index (χ3n) is 5.91. The van der Waals surface area contributed by atoms with Crippen LogP contribution in [-0.4, -0.2) is 6.61 Å². The maximum atomic E-state index is 6.05. The number of thiophene rings is 1. The van der Waals surface area contributed by atoms with Crippen molar-refractivity contribution in [3.63, 3.8) is 0 Å². The highest BCUT2D eigenvalue weighted by molar-refractivity contribution is 7.22. The van der Waals surface area contributed by atoms with Crippen LogP contribution in [0.3, 0.4) is 0 Å². The molecule has 1 heterocycles. The topological polar surface area (TPSA) is 9.23 Å². The fraction of sp³-hybridized carbons (Fsp3) is 0.462. The van der Waals surface area contributed by atoms with Crippen molar-refractivity contribution in [2.75, 3.05) is 6.61 Å². The third-order valence-corrected chi connectivity index (χ3v) is 7.14. The Morgan fingerprint density at radius 2 is 1.61 bits per heavy atom. The Kier molecular flexibility index (Phi) is 6.69. The van der Waals surface area contributed by atoms with Crippen LogP contribution in [0.2, 0.25) is 0 Å². The van der Waals surface area contributed by atoms with Crippen LogP contribution < -0.4 is 4.74 Å². The second-order valence-electron chi connectivity index (χ2n) is 8.08. The average Bonchev–Trinajstić information content (AvgIpc) is 3.25. The molecule has 28 heavy (non-hydrogen) atoms. The van der Waals surface area contributed by atoms with E-state index in [0.29, 0.717) is 0 Å². The van der Waals surface area contributed by atoms with E-state index in [2.05, 4.69) is 49.4 Å². The Morgan fingerprint density at radius 3 is 2.43 bits per heavy atom. The van der Waals surface area contributed by atoms with E-state index in [1.165, 1.54) is 89.4 Å². The van der Waals surface area contributed by atoms with E-state index in [4.69, 9.17) is 4.74 Å². The number of hydrogen-bond acceptors (Lipinski definition) is 2. The van der Waals surface area contributed by atoms with Gasteiger partial charge in [-0.15, -0.1) is 11.3 Å². The molecule has 0 amide bonds. The lowest BCUT2D eigenvalue weighted by molar-refractivity contribution is 0.304. The second-order valence-corrected chi connectivity index (χ2v) is 9.13. The van der Waals surface area contributed by atoms with Crippen LogP contribution >= 0.6 is 11.3 Å². The molecule has 1 aromatic heterocycles. The number of ether oxygens (including phenoxy) is 1. The van der Waals surface area contributed by atoms with Crippen molar-refractivity contribution in [3.8, 4) is 16.2 Å². The van der Waals surface area contributed by atoms with Gasteiger partial charge in [-0.3, -0.25) is 0 Å². The van der Waals surface area contributed by atoms with E-state index in [9.17, 15) is 0 Å². The zero-order valence-electron chi connectivity index (χ0n) is 17.1. The molecule has 3 aromatic rings. The maximum Gasteiger partial charge on any atom is 0.120 e. The minimum Gasteiger partial charge on any atom is -0.494 e. The summed E-state index contributed by atoms with van der Waals surface area (Å²) in [6, 6.07) is 15.5. The predicted molar refractivity (Wildman–Crippen MR) is 123 cm³/mol. The standard InChI is InChI=1S/C26H32OS/c1-2-3-4-5-6-7-8-9-12-17-27-21-15-16-23-24-18-20-13-10-11-14-22(20)26(24)28-25(23)19-21/h10-11,13-16,19H,2-9,12,17-18H2,1H3. The Hall–Kier alpha value is -1.80. The Bertz CT molecular complexity index is 908. The summed E-state index contributed by atoms with van der Waals surface area (Å²) in [4.78, 5) is 1.46. The normalized spacial score (nSPS) is 12.3. The van der Waals surface area contributed by atoms with Gasteiger partial charge >= 0.3 is 0 Å².